The van der Waals surface area contributed by atoms with Gasteiger partial charge >= 0.3 is 0 Å². The minimum atomic E-state index is 0.188. The predicted octanol–water partition coefficient (Wildman–Crippen LogP) is 0.362. The van der Waals surface area contributed by atoms with Crippen molar-refractivity contribution in [3.63, 3.8) is 0 Å². The summed E-state index contributed by atoms with van der Waals surface area (Å²) in [6.45, 7) is 12.3. The van der Waals surface area contributed by atoms with E-state index in [4.69, 9.17) is 4.52 Å². The number of piperazine rings is 1. The highest BCUT2D eigenvalue weighted by atomic mass is 16.5. The minimum absolute atomic E-state index is 0.188. The van der Waals surface area contributed by atoms with E-state index in [1.807, 2.05) is 11.8 Å². The van der Waals surface area contributed by atoms with Gasteiger partial charge in [0.05, 0.1) is 6.54 Å². The molecule has 2 aliphatic rings. The zero-order valence-corrected chi connectivity index (χ0v) is 13.7. The lowest BCUT2D eigenvalue weighted by Crippen LogP contribution is -2.53. The lowest BCUT2D eigenvalue weighted by molar-refractivity contribution is -0.130. The first-order chi connectivity index (χ1) is 10.5. The molecule has 3 rings (SSSR count). The Balaban J connectivity index is 1.54. The lowest BCUT2D eigenvalue weighted by Gasteiger charge is -2.39. The monoisotopic (exact) mass is 307 g/mol. The van der Waals surface area contributed by atoms with Crippen LogP contribution in [0.3, 0.4) is 0 Å². The van der Waals surface area contributed by atoms with Gasteiger partial charge in [0.25, 0.3) is 0 Å². The molecular formula is C15H25N5O2. The molecule has 0 aliphatic carbocycles. The number of hydrogen-bond acceptors (Lipinski definition) is 6. The van der Waals surface area contributed by atoms with E-state index in [-0.39, 0.29) is 5.91 Å². The Morgan fingerprint density at radius 3 is 2.59 bits per heavy atom. The first-order valence-electron chi connectivity index (χ1n) is 8.04. The topological polar surface area (TPSA) is 65.7 Å². The Morgan fingerprint density at radius 2 is 2.00 bits per heavy atom. The van der Waals surface area contributed by atoms with Crippen molar-refractivity contribution in [3.8, 4) is 0 Å². The summed E-state index contributed by atoms with van der Waals surface area (Å²) in [5.74, 6) is 2.20. The number of aryl methyl sites for hydroxylation is 1. The molecule has 0 aromatic carbocycles. The number of carbonyl (C=O) groups excluding carboxylic acids is 1. The van der Waals surface area contributed by atoms with E-state index >= 15 is 0 Å². The molecule has 7 nitrogen and oxygen atoms in total. The zero-order chi connectivity index (χ0) is 15.7. The number of rotatable bonds is 3. The van der Waals surface area contributed by atoms with Gasteiger partial charge < -0.3 is 9.42 Å². The van der Waals surface area contributed by atoms with Crippen molar-refractivity contribution in [2.75, 3.05) is 39.3 Å². The van der Waals surface area contributed by atoms with E-state index in [1.54, 1.807) is 6.92 Å². The molecule has 3 heterocycles. The highest BCUT2D eigenvalue weighted by molar-refractivity contribution is 5.73. The van der Waals surface area contributed by atoms with Crippen LogP contribution in [0, 0.1) is 12.8 Å². The van der Waals surface area contributed by atoms with Gasteiger partial charge in [-0.2, -0.15) is 4.98 Å². The van der Waals surface area contributed by atoms with Crippen LogP contribution in [0.5, 0.6) is 0 Å². The summed E-state index contributed by atoms with van der Waals surface area (Å²) in [6, 6.07) is 0.554. The second-order valence-corrected chi connectivity index (χ2v) is 6.52. The summed E-state index contributed by atoms with van der Waals surface area (Å²) in [5, 5.41) is 3.85. The number of aromatic nitrogens is 2. The molecule has 1 amide bonds. The summed E-state index contributed by atoms with van der Waals surface area (Å²) in [6.07, 6.45) is 0. The van der Waals surface area contributed by atoms with Crippen molar-refractivity contribution in [3.05, 3.63) is 11.7 Å². The largest absolute Gasteiger partial charge is 0.340 e. The van der Waals surface area contributed by atoms with Gasteiger partial charge in [-0.15, -0.1) is 0 Å². The number of hydrogen-bond donors (Lipinski definition) is 0. The molecule has 2 saturated heterocycles. The molecule has 2 unspecified atom stereocenters. The van der Waals surface area contributed by atoms with Gasteiger partial charge in [0.1, 0.15) is 0 Å². The van der Waals surface area contributed by atoms with Crippen molar-refractivity contribution in [2.45, 2.75) is 33.4 Å². The molecule has 2 aliphatic heterocycles. The molecular weight excluding hydrogens is 282 g/mol. The van der Waals surface area contributed by atoms with Crippen LogP contribution in [0.2, 0.25) is 0 Å². The van der Waals surface area contributed by atoms with E-state index in [1.165, 1.54) is 0 Å². The van der Waals surface area contributed by atoms with E-state index in [0.29, 0.717) is 23.7 Å². The van der Waals surface area contributed by atoms with Crippen molar-refractivity contribution >= 4 is 5.91 Å². The van der Waals surface area contributed by atoms with Crippen molar-refractivity contribution in [2.24, 2.45) is 5.92 Å². The molecule has 2 fully saturated rings. The normalized spacial score (nSPS) is 27.5. The third kappa shape index (κ3) is 3.30. The Kier molecular flexibility index (Phi) is 4.44. The van der Waals surface area contributed by atoms with Crippen LogP contribution in [0.25, 0.3) is 0 Å². The van der Waals surface area contributed by atoms with Crippen molar-refractivity contribution in [1.82, 2.24) is 24.8 Å². The van der Waals surface area contributed by atoms with Gasteiger partial charge in [0.2, 0.25) is 11.8 Å². The third-order valence-corrected chi connectivity index (χ3v) is 4.81. The van der Waals surface area contributed by atoms with Crippen LogP contribution >= 0.6 is 0 Å². The molecule has 0 N–H and O–H groups in total. The maximum Gasteiger partial charge on any atom is 0.240 e. The fraction of sp³-hybridized carbons (Fsp3) is 0.800. The Hall–Kier alpha value is -1.47. The first-order valence-corrected chi connectivity index (χ1v) is 8.04. The summed E-state index contributed by atoms with van der Waals surface area (Å²) in [7, 11) is 0. The average Bonchev–Trinajstić information content (AvgIpc) is 3.05. The number of nitrogens with zero attached hydrogens (tertiary/aromatic N) is 5. The van der Waals surface area contributed by atoms with Crippen molar-refractivity contribution in [1.29, 1.82) is 0 Å². The number of amides is 1. The molecule has 0 saturated carbocycles. The third-order valence-electron chi connectivity index (χ3n) is 4.81. The maximum absolute atomic E-state index is 11.4. The van der Waals surface area contributed by atoms with Crippen LogP contribution in [0.4, 0.5) is 0 Å². The summed E-state index contributed by atoms with van der Waals surface area (Å²) >= 11 is 0. The van der Waals surface area contributed by atoms with E-state index in [9.17, 15) is 4.79 Å². The molecule has 0 radical (unpaired) electrons. The Labute approximate surface area is 131 Å². The van der Waals surface area contributed by atoms with Gasteiger partial charge in [0.15, 0.2) is 5.82 Å². The second-order valence-electron chi connectivity index (χ2n) is 6.52. The molecule has 1 aromatic heterocycles. The first kappa shape index (κ1) is 15.4. The van der Waals surface area contributed by atoms with Gasteiger partial charge in [-0.05, 0) is 12.8 Å². The maximum atomic E-state index is 11.4. The average molecular weight is 307 g/mol. The number of likely N-dealkylation sites (tertiary alicyclic amines) is 1. The molecule has 0 spiro atoms. The highest BCUT2D eigenvalue weighted by Gasteiger charge is 2.35. The molecule has 2 atom stereocenters. The summed E-state index contributed by atoms with van der Waals surface area (Å²) in [5.41, 5.74) is 0. The van der Waals surface area contributed by atoms with E-state index in [2.05, 4.69) is 26.9 Å². The van der Waals surface area contributed by atoms with Gasteiger partial charge in [0, 0.05) is 52.2 Å². The minimum Gasteiger partial charge on any atom is -0.340 e. The van der Waals surface area contributed by atoms with Gasteiger partial charge in [-0.3, -0.25) is 14.6 Å². The predicted molar refractivity (Wildman–Crippen MR) is 81.1 cm³/mol. The standard InChI is InChI=1S/C15H25N5O2/c1-11-8-18(10-15-16-12(2)17-22-15)9-14(11)20-6-4-19(5-7-20)13(3)21/h11,14H,4-10H2,1-3H3. The highest BCUT2D eigenvalue weighted by Crippen LogP contribution is 2.24. The van der Waals surface area contributed by atoms with Gasteiger partial charge in [-0.25, -0.2) is 0 Å². The Morgan fingerprint density at radius 1 is 1.27 bits per heavy atom. The quantitative estimate of drug-likeness (QED) is 0.803. The smallest absolute Gasteiger partial charge is 0.240 e. The van der Waals surface area contributed by atoms with Crippen LogP contribution in [0.1, 0.15) is 25.6 Å². The Bertz CT molecular complexity index is 524. The SMILES string of the molecule is CC(=O)N1CCN(C2CN(Cc3nc(C)no3)CC2C)CC1. The fourth-order valence-corrected chi connectivity index (χ4v) is 3.62. The van der Waals surface area contributed by atoms with Gasteiger partial charge in [-0.1, -0.05) is 12.1 Å². The number of carbonyl (C=O) groups is 1. The zero-order valence-electron chi connectivity index (χ0n) is 13.7. The van der Waals surface area contributed by atoms with Crippen LogP contribution in [-0.2, 0) is 11.3 Å². The summed E-state index contributed by atoms with van der Waals surface area (Å²) < 4.78 is 5.22. The molecule has 1 aromatic rings. The van der Waals surface area contributed by atoms with E-state index in [0.717, 1.165) is 45.8 Å². The molecule has 122 valence electrons. The second kappa shape index (κ2) is 6.34. The lowest BCUT2D eigenvalue weighted by atomic mass is 10.0. The molecule has 0 bridgehead atoms. The van der Waals surface area contributed by atoms with Crippen LogP contribution in [-0.4, -0.2) is 76.1 Å². The molecule has 7 heteroatoms. The fourth-order valence-electron chi connectivity index (χ4n) is 3.62. The summed E-state index contributed by atoms with van der Waals surface area (Å²) in [4.78, 5) is 22.6. The van der Waals surface area contributed by atoms with E-state index < -0.39 is 0 Å². The van der Waals surface area contributed by atoms with Crippen LogP contribution < -0.4 is 0 Å². The molecule has 22 heavy (non-hydrogen) atoms. The van der Waals surface area contributed by atoms with Crippen molar-refractivity contribution < 1.29 is 9.32 Å². The van der Waals surface area contributed by atoms with Crippen LogP contribution in [0.15, 0.2) is 4.52 Å².